The van der Waals surface area contributed by atoms with Gasteiger partial charge in [0.15, 0.2) is 11.5 Å². The quantitative estimate of drug-likeness (QED) is 0.598. The van der Waals surface area contributed by atoms with Crippen LogP contribution in [-0.4, -0.2) is 25.2 Å². The molecule has 1 aliphatic heterocycles. The summed E-state index contributed by atoms with van der Waals surface area (Å²) in [6.07, 6.45) is 5.28. The standard InChI is InChI=1S/C24H25N3O4/c1-5-13-31-19-12-11-17(14-20(19)30-6-2)22-21(16(4)25-24(29)27-22)23(28)26-18-10-8-7-9-15(18)3/h1,7-12,14,22H,6,13H2,2-4H3,(H,26,28)(H2,25,27,29)/t22-/m0/s1. The first-order chi connectivity index (χ1) is 14.9. The number of carbonyl (C=O) groups is 2. The van der Waals surface area contributed by atoms with E-state index in [-0.39, 0.29) is 18.5 Å². The predicted octanol–water partition coefficient (Wildman–Crippen LogP) is 3.67. The highest BCUT2D eigenvalue weighted by Crippen LogP contribution is 2.35. The lowest BCUT2D eigenvalue weighted by molar-refractivity contribution is -0.113. The van der Waals surface area contributed by atoms with Crippen LogP contribution in [0.25, 0.3) is 0 Å². The average molecular weight is 419 g/mol. The molecule has 1 atom stereocenters. The van der Waals surface area contributed by atoms with Crippen molar-refractivity contribution >= 4 is 17.6 Å². The molecule has 0 saturated heterocycles. The molecule has 7 heteroatoms. The number of hydrogen-bond donors (Lipinski definition) is 3. The minimum Gasteiger partial charge on any atom is -0.490 e. The third-order valence-electron chi connectivity index (χ3n) is 4.82. The minimum atomic E-state index is -0.668. The molecule has 7 nitrogen and oxygen atoms in total. The first kappa shape index (κ1) is 21.8. The summed E-state index contributed by atoms with van der Waals surface area (Å²) >= 11 is 0. The van der Waals surface area contributed by atoms with Gasteiger partial charge in [-0.25, -0.2) is 4.79 Å². The van der Waals surface area contributed by atoms with Gasteiger partial charge in [0, 0.05) is 11.4 Å². The molecule has 1 aliphatic rings. The summed E-state index contributed by atoms with van der Waals surface area (Å²) in [4.78, 5) is 25.4. The fourth-order valence-corrected chi connectivity index (χ4v) is 3.36. The summed E-state index contributed by atoms with van der Waals surface area (Å²) < 4.78 is 11.2. The normalized spacial score (nSPS) is 15.4. The number of allylic oxidation sites excluding steroid dienone is 1. The van der Waals surface area contributed by atoms with Gasteiger partial charge in [0.25, 0.3) is 5.91 Å². The van der Waals surface area contributed by atoms with E-state index in [4.69, 9.17) is 15.9 Å². The number of anilines is 1. The van der Waals surface area contributed by atoms with Gasteiger partial charge in [-0.05, 0) is 50.1 Å². The van der Waals surface area contributed by atoms with Crippen molar-refractivity contribution < 1.29 is 19.1 Å². The minimum absolute atomic E-state index is 0.104. The Bertz CT molecular complexity index is 1070. The molecule has 0 radical (unpaired) electrons. The van der Waals surface area contributed by atoms with Crippen molar-refractivity contribution in [2.75, 3.05) is 18.5 Å². The number of urea groups is 1. The summed E-state index contributed by atoms with van der Waals surface area (Å²) in [6, 6.07) is 11.7. The molecule has 0 unspecified atom stereocenters. The molecule has 0 saturated carbocycles. The lowest BCUT2D eigenvalue weighted by Gasteiger charge is -2.29. The number of ether oxygens (including phenoxy) is 2. The Balaban J connectivity index is 1.97. The Hall–Kier alpha value is -3.92. The SMILES string of the molecule is C#CCOc1ccc([C@@H]2NC(=O)NC(C)=C2C(=O)Nc2ccccc2C)cc1OCC. The second-order valence-electron chi connectivity index (χ2n) is 6.97. The molecule has 0 fully saturated rings. The van der Waals surface area contributed by atoms with Crippen LogP contribution in [0.3, 0.4) is 0 Å². The third-order valence-corrected chi connectivity index (χ3v) is 4.82. The molecule has 3 rings (SSSR count). The van der Waals surface area contributed by atoms with E-state index in [0.717, 1.165) is 5.56 Å². The van der Waals surface area contributed by atoms with Gasteiger partial charge in [-0.3, -0.25) is 4.79 Å². The number of benzene rings is 2. The van der Waals surface area contributed by atoms with Crippen LogP contribution in [0.1, 0.15) is 31.0 Å². The van der Waals surface area contributed by atoms with Gasteiger partial charge in [-0.15, -0.1) is 6.42 Å². The van der Waals surface area contributed by atoms with Crippen molar-refractivity contribution in [1.29, 1.82) is 0 Å². The second kappa shape index (κ2) is 9.72. The van der Waals surface area contributed by atoms with E-state index in [1.54, 1.807) is 25.1 Å². The van der Waals surface area contributed by atoms with Gasteiger partial charge in [-0.1, -0.05) is 30.2 Å². The van der Waals surface area contributed by atoms with E-state index in [0.29, 0.717) is 40.6 Å². The first-order valence-electron chi connectivity index (χ1n) is 9.92. The number of terminal acetylenes is 1. The van der Waals surface area contributed by atoms with Crippen LogP contribution in [0, 0.1) is 19.3 Å². The summed E-state index contributed by atoms with van der Waals surface area (Å²) in [7, 11) is 0. The predicted molar refractivity (Wildman–Crippen MR) is 119 cm³/mol. The Morgan fingerprint density at radius 3 is 2.65 bits per heavy atom. The van der Waals surface area contributed by atoms with Gasteiger partial charge >= 0.3 is 6.03 Å². The number of hydrogen-bond acceptors (Lipinski definition) is 4. The molecule has 0 aromatic heterocycles. The summed E-state index contributed by atoms with van der Waals surface area (Å²) in [6.45, 7) is 6.00. The first-order valence-corrected chi connectivity index (χ1v) is 9.92. The average Bonchev–Trinajstić information content (AvgIpc) is 2.74. The Kier molecular flexibility index (Phi) is 6.83. The highest BCUT2D eigenvalue weighted by molar-refractivity contribution is 6.07. The van der Waals surface area contributed by atoms with Crippen molar-refractivity contribution in [3.63, 3.8) is 0 Å². The van der Waals surface area contributed by atoms with Gasteiger partial charge in [-0.2, -0.15) is 0 Å². The topological polar surface area (TPSA) is 88.7 Å². The van der Waals surface area contributed by atoms with Crippen molar-refractivity contribution in [2.24, 2.45) is 0 Å². The molecule has 160 valence electrons. The zero-order valence-electron chi connectivity index (χ0n) is 17.7. The summed E-state index contributed by atoms with van der Waals surface area (Å²) in [5.74, 6) is 3.09. The Morgan fingerprint density at radius 2 is 1.94 bits per heavy atom. The largest absolute Gasteiger partial charge is 0.490 e. The van der Waals surface area contributed by atoms with E-state index in [1.165, 1.54) is 0 Å². The zero-order chi connectivity index (χ0) is 22.4. The number of rotatable bonds is 7. The second-order valence-corrected chi connectivity index (χ2v) is 6.97. The van der Waals surface area contributed by atoms with Crippen molar-refractivity contribution in [2.45, 2.75) is 26.8 Å². The van der Waals surface area contributed by atoms with E-state index < -0.39 is 6.04 Å². The molecular formula is C24H25N3O4. The van der Waals surface area contributed by atoms with Crippen LogP contribution in [0.15, 0.2) is 53.7 Å². The number of amides is 3. The van der Waals surface area contributed by atoms with Crippen LogP contribution in [-0.2, 0) is 4.79 Å². The van der Waals surface area contributed by atoms with Gasteiger partial charge in [0.05, 0.1) is 18.2 Å². The number of aryl methyl sites for hydroxylation is 1. The fraction of sp³-hybridized carbons (Fsp3) is 0.250. The molecule has 31 heavy (non-hydrogen) atoms. The molecule has 1 heterocycles. The molecule has 2 aromatic carbocycles. The van der Waals surface area contributed by atoms with Gasteiger partial charge < -0.3 is 25.4 Å². The van der Waals surface area contributed by atoms with Gasteiger partial charge in [0.1, 0.15) is 6.61 Å². The Labute approximate surface area is 181 Å². The smallest absolute Gasteiger partial charge is 0.319 e. The van der Waals surface area contributed by atoms with Crippen LogP contribution in [0.4, 0.5) is 10.5 Å². The molecule has 3 amide bonds. The summed E-state index contributed by atoms with van der Waals surface area (Å²) in [5.41, 5.74) is 3.21. The summed E-state index contributed by atoms with van der Waals surface area (Å²) in [5, 5.41) is 8.45. The van der Waals surface area contributed by atoms with E-state index in [2.05, 4.69) is 21.9 Å². The van der Waals surface area contributed by atoms with Crippen LogP contribution >= 0.6 is 0 Å². The molecule has 0 bridgehead atoms. The fourth-order valence-electron chi connectivity index (χ4n) is 3.36. The van der Waals surface area contributed by atoms with Crippen LogP contribution in [0.2, 0.25) is 0 Å². The maximum atomic E-state index is 13.2. The van der Waals surface area contributed by atoms with E-state index in [1.807, 2.05) is 38.1 Å². The number of para-hydroxylation sites is 1. The van der Waals surface area contributed by atoms with Crippen LogP contribution in [0.5, 0.6) is 11.5 Å². The third kappa shape index (κ3) is 4.98. The highest BCUT2D eigenvalue weighted by Gasteiger charge is 2.32. The molecule has 0 aliphatic carbocycles. The van der Waals surface area contributed by atoms with Gasteiger partial charge in [0.2, 0.25) is 0 Å². The van der Waals surface area contributed by atoms with E-state index in [9.17, 15) is 9.59 Å². The van der Waals surface area contributed by atoms with Crippen molar-refractivity contribution in [3.05, 3.63) is 64.9 Å². The number of nitrogens with one attached hydrogen (secondary N) is 3. The zero-order valence-corrected chi connectivity index (χ0v) is 17.7. The Morgan fingerprint density at radius 1 is 1.16 bits per heavy atom. The van der Waals surface area contributed by atoms with Crippen LogP contribution < -0.4 is 25.4 Å². The number of carbonyl (C=O) groups excluding carboxylic acids is 2. The molecule has 3 N–H and O–H groups in total. The molecule has 2 aromatic rings. The van der Waals surface area contributed by atoms with Crippen molar-refractivity contribution in [1.82, 2.24) is 10.6 Å². The maximum Gasteiger partial charge on any atom is 0.319 e. The van der Waals surface area contributed by atoms with E-state index >= 15 is 0 Å². The molecule has 0 spiro atoms. The monoisotopic (exact) mass is 419 g/mol. The van der Waals surface area contributed by atoms with Crippen molar-refractivity contribution in [3.8, 4) is 23.8 Å². The lowest BCUT2D eigenvalue weighted by atomic mass is 9.94. The lowest BCUT2D eigenvalue weighted by Crippen LogP contribution is -2.46. The maximum absolute atomic E-state index is 13.2. The molecular weight excluding hydrogens is 394 g/mol. The highest BCUT2D eigenvalue weighted by atomic mass is 16.5.